The Bertz CT molecular complexity index is 573. The highest BCUT2D eigenvalue weighted by molar-refractivity contribution is 7.09. The zero-order valence-corrected chi connectivity index (χ0v) is 12.3. The Hall–Kier alpha value is -1.17. The maximum absolute atomic E-state index is 13.1. The first-order valence-electron chi connectivity index (χ1n) is 6.46. The third kappa shape index (κ3) is 2.95. The first-order valence-corrected chi connectivity index (χ1v) is 7.71. The second-order valence-corrected chi connectivity index (χ2v) is 6.07. The lowest BCUT2D eigenvalue weighted by atomic mass is 10.0. The molecular weight excluding hydrogens is 299 g/mol. The maximum Gasteiger partial charge on any atom is 0.154 e. The van der Waals surface area contributed by atoms with Crippen molar-refractivity contribution < 1.29 is 9.13 Å². The van der Waals surface area contributed by atoms with Gasteiger partial charge in [-0.25, -0.2) is 9.37 Å². The van der Waals surface area contributed by atoms with Crippen molar-refractivity contribution in [3.05, 3.63) is 45.6 Å². The molecule has 1 fully saturated rings. The predicted octanol–water partition coefficient (Wildman–Crippen LogP) is 3.67. The van der Waals surface area contributed by atoms with Crippen LogP contribution in [0, 0.1) is 11.7 Å². The van der Waals surface area contributed by atoms with Gasteiger partial charge in [-0.2, -0.15) is 0 Å². The molecule has 0 spiro atoms. The van der Waals surface area contributed by atoms with Crippen LogP contribution in [0.5, 0.6) is 5.75 Å². The molecule has 0 saturated carbocycles. The number of thiazole rings is 1. The SMILES string of the molecule is Fc1ccc(O[C@H](c2nccs2)C2CCNC2)c(Cl)c1. The molecule has 1 aromatic heterocycles. The van der Waals surface area contributed by atoms with E-state index in [1.165, 1.54) is 12.1 Å². The monoisotopic (exact) mass is 312 g/mol. The van der Waals surface area contributed by atoms with E-state index in [0.29, 0.717) is 11.7 Å². The number of hydrogen-bond acceptors (Lipinski definition) is 4. The van der Waals surface area contributed by atoms with Gasteiger partial charge in [0, 0.05) is 24.0 Å². The largest absolute Gasteiger partial charge is 0.481 e. The van der Waals surface area contributed by atoms with Gasteiger partial charge in [-0.05, 0) is 31.2 Å². The van der Waals surface area contributed by atoms with Crippen LogP contribution in [0.2, 0.25) is 5.02 Å². The Morgan fingerprint density at radius 1 is 1.50 bits per heavy atom. The number of benzene rings is 1. The maximum atomic E-state index is 13.1. The second kappa shape index (κ2) is 6.08. The lowest BCUT2D eigenvalue weighted by molar-refractivity contribution is 0.144. The number of nitrogens with zero attached hydrogens (tertiary/aromatic N) is 1. The standard InChI is InChI=1S/C14H14ClFN2OS/c15-11-7-10(16)1-2-12(11)19-13(9-3-4-17-8-9)14-18-5-6-20-14/h1-2,5-7,9,13,17H,3-4,8H2/t9?,13-/m0/s1. The smallest absolute Gasteiger partial charge is 0.154 e. The molecule has 1 aliphatic heterocycles. The molecule has 3 nitrogen and oxygen atoms in total. The summed E-state index contributed by atoms with van der Waals surface area (Å²) in [7, 11) is 0. The summed E-state index contributed by atoms with van der Waals surface area (Å²) in [5.41, 5.74) is 0. The third-order valence-electron chi connectivity index (χ3n) is 3.37. The molecule has 20 heavy (non-hydrogen) atoms. The van der Waals surface area contributed by atoms with Crippen LogP contribution in [0.25, 0.3) is 0 Å². The first kappa shape index (κ1) is 13.8. The highest BCUT2D eigenvalue weighted by atomic mass is 35.5. The van der Waals surface area contributed by atoms with Gasteiger partial charge in [0.1, 0.15) is 16.6 Å². The van der Waals surface area contributed by atoms with E-state index in [0.717, 1.165) is 24.5 Å². The first-order chi connectivity index (χ1) is 9.74. The molecule has 0 radical (unpaired) electrons. The molecule has 2 atom stereocenters. The van der Waals surface area contributed by atoms with Crippen molar-refractivity contribution in [3.63, 3.8) is 0 Å². The van der Waals surface area contributed by atoms with Crippen LogP contribution in [0.4, 0.5) is 4.39 Å². The number of aromatic nitrogens is 1. The summed E-state index contributed by atoms with van der Waals surface area (Å²) in [6, 6.07) is 4.19. The normalized spacial score (nSPS) is 20.0. The molecule has 1 aliphatic rings. The summed E-state index contributed by atoms with van der Waals surface area (Å²) in [4.78, 5) is 4.35. The fourth-order valence-corrected chi connectivity index (χ4v) is 3.34. The van der Waals surface area contributed by atoms with Gasteiger partial charge in [-0.3, -0.25) is 0 Å². The predicted molar refractivity (Wildman–Crippen MR) is 77.9 cm³/mol. The van der Waals surface area contributed by atoms with Gasteiger partial charge in [-0.1, -0.05) is 11.6 Å². The quantitative estimate of drug-likeness (QED) is 0.935. The van der Waals surface area contributed by atoms with Gasteiger partial charge in [0.25, 0.3) is 0 Å². The molecule has 106 valence electrons. The van der Waals surface area contributed by atoms with Crippen LogP contribution in [-0.4, -0.2) is 18.1 Å². The summed E-state index contributed by atoms with van der Waals surface area (Å²) in [5, 5.41) is 6.48. The minimum absolute atomic E-state index is 0.145. The molecule has 1 N–H and O–H groups in total. The molecule has 2 heterocycles. The van der Waals surface area contributed by atoms with Crippen LogP contribution >= 0.6 is 22.9 Å². The summed E-state index contributed by atoms with van der Waals surface area (Å²) < 4.78 is 19.1. The lowest BCUT2D eigenvalue weighted by Crippen LogP contribution is -2.21. The van der Waals surface area contributed by atoms with Gasteiger partial charge in [0.2, 0.25) is 0 Å². The van der Waals surface area contributed by atoms with E-state index >= 15 is 0 Å². The van der Waals surface area contributed by atoms with E-state index in [-0.39, 0.29) is 16.9 Å². The molecule has 1 aromatic carbocycles. The Kier molecular flexibility index (Phi) is 4.19. The highest BCUT2D eigenvalue weighted by Crippen LogP contribution is 2.36. The molecule has 2 aromatic rings. The number of ether oxygens (including phenoxy) is 1. The van der Waals surface area contributed by atoms with E-state index in [9.17, 15) is 4.39 Å². The fraction of sp³-hybridized carbons (Fsp3) is 0.357. The van der Waals surface area contributed by atoms with Crippen molar-refractivity contribution in [1.82, 2.24) is 10.3 Å². The van der Waals surface area contributed by atoms with Crippen molar-refractivity contribution in [2.75, 3.05) is 13.1 Å². The van der Waals surface area contributed by atoms with Crippen molar-refractivity contribution in [2.45, 2.75) is 12.5 Å². The number of rotatable bonds is 4. The topological polar surface area (TPSA) is 34.1 Å². The van der Waals surface area contributed by atoms with Crippen molar-refractivity contribution >= 4 is 22.9 Å². The average Bonchev–Trinajstić information content (AvgIpc) is 3.11. The van der Waals surface area contributed by atoms with Crippen LogP contribution < -0.4 is 10.1 Å². The molecular formula is C14H14ClFN2OS. The Labute approximate surface area is 125 Å². The summed E-state index contributed by atoms with van der Waals surface area (Å²) in [6.07, 6.45) is 2.65. The zero-order valence-electron chi connectivity index (χ0n) is 10.7. The zero-order chi connectivity index (χ0) is 13.9. The van der Waals surface area contributed by atoms with Crippen LogP contribution in [0.15, 0.2) is 29.8 Å². The van der Waals surface area contributed by atoms with Gasteiger partial charge >= 0.3 is 0 Å². The van der Waals surface area contributed by atoms with Gasteiger partial charge in [-0.15, -0.1) is 11.3 Å². The Morgan fingerprint density at radius 3 is 3.05 bits per heavy atom. The van der Waals surface area contributed by atoms with Crippen molar-refractivity contribution in [1.29, 1.82) is 0 Å². The third-order valence-corrected chi connectivity index (χ3v) is 4.50. The Morgan fingerprint density at radius 2 is 2.40 bits per heavy atom. The molecule has 0 bridgehead atoms. The molecule has 0 aliphatic carbocycles. The van der Waals surface area contributed by atoms with Gasteiger partial charge in [0.15, 0.2) is 6.10 Å². The minimum Gasteiger partial charge on any atom is -0.481 e. The van der Waals surface area contributed by atoms with E-state index in [2.05, 4.69) is 10.3 Å². The van der Waals surface area contributed by atoms with Crippen LogP contribution in [0.1, 0.15) is 17.5 Å². The Balaban J connectivity index is 1.86. The van der Waals surface area contributed by atoms with E-state index in [1.807, 2.05) is 5.38 Å². The fourth-order valence-electron chi connectivity index (χ4n) is 2.37. The summed E-state index contributed by atoms with van der Waals surface area (Å²) >= 11 is 7.61. The molecule has 0 amide bonds. The second-order valence-electron chi connectivity index (χ2n) is 4.74. The average molecular weight is 313 g/mol. The lowest BCUT2D eigenvalue weighted by Gasteiger charge is -2.23. The van der Waals surface area contributed by atoms with Crippen LogP contribution in [-0.2, 0) is 0 Å². The summed E-state index contributed by atoms with van der Waals surface area (Å²) in [5.74, 6) is 0.484. The number of hydrogen-bond donors (Lipinski definition) is 1. The van der Waals surface area contributed by atoms with Gasteiger partial charge in [0.05, 0.1) is 5.02 Å². The minimum atomic E-state index is -0.365. The molecule has 6 heteroatoms. The van der Waals surface area contributed by atoms with Crippen LogP contribution in [0.3, 0.4) is 0 Å². The van der Waals surface area contributed by atoms with E-state index in [1.54, 1.807) is 23.6 Å². The van der Waals surface area contributed by atoms with Crippen molar-refractivity contribution in [2.24, 2.45) is 5.92 Å². The van der Waals surface area contributed by atoms with Gasteiger partial charge < -0.3 is 10.1 Å². The molecule has 1 unspecified atom stereocenters. The molecule has 3 rings (SSSR count). The highest BCUT2D eigenvalue weighted by Gasteiger charge is 2.30. The van der Waals surface area contributed by atoms with E-state index < -0.39 is 0 Å². The molecule has 1 saturated heterocycles. The number of halogens is 2. The van der Waals surface area contributed by atoms with Crippen molar-refractivity contribution in [3.8, 4) is 5.75 Å². The van der Waals surface area contributed by atoms with E-state index in [4.69, 9.17) is 16.3 Å². The number of nitrogens with one attached hydrogen (secondary N) is 1. The summed E-state index contributed by atoms with van der Waals surface area (Å²) in [6.45, 7) is 1.87.